The highest BCUT2D eigenvalue weighted by Gasteiger charge is 2.14. The van der Waals surface area contributed by atoms with Gasteiger partial charge in [0.1, 0.15) is 6.42 Å². The molecule has 0 amide bonds. The van der Waals surface area contributed by atoms with E-state index < -0.39 is 4.92 Å². The van der Waals surface area contributed by atoms with Crippen LogP contribution in [0.25, 0.3) is 0 Å². The van der Waals surface area contributed by atoms with E-state index in [1.54, 1.807) is 18.2 Å². The standard InChI is InChI=1S/C10H8ClNO3/c1-7(12(14)15)5-10(13)8-3-2-4-9(11)6-8/h2-4,6H,1,5H2. The molecule has 0 saturated carbocycles. The van der Waals surface area contributed by atoms with Crippen LogP contribution < -0.4 is 0 Å². The fourth-order valence-corrected chi connectivity index (χ4v) is 1.20. The Labute approximate surface area is 91.3 Å². The van der Waals surface area contributed by atoms with Crippen molar-refractivity contribution in [1.29, 1.82) is 0 Å². The highest BCUT2D eigenvalue weighted by molar-refractivity contribution is 6.31. The van der Waals surface area contributed by atoms with Gasteiger partial charge in [-0.2, -0.15) is 0 Å². The molecule has 4 nitrogen and oxygen atoms in total. The molecule has 0 aliphatic heterocycles. The zero-order valence-corrected chi connectivity index (χ0v) is 8.53. The van der Waals surface area contributed by atoms with Crippen LogP contribution in [0, 0.1) is 10.1 Å². The molecule has 0 aromatic heterocycles. The lowest BCUT2D eigenvalue weighted by Crippen LogP contribution is -2.05. The van der Waals surface area contributed by atoms with E-state index in [2.05, 4.69) is 6.58 Å². The van der Waals surface area contributed by atoms with Crippen LogP contribution in [0.3, 0.4) is 0 Å². The van der Waals surface area contributed by atoms with Crippen molar-refractivity contribution in [2.75, 3.05) is 0 Å². The van der Waals surface area contributed by atoms with Gasteiger partial charge in [-0.3, -0.25) is 14.9 Å². The van der Waals surface area contributed by atoms with Gasteiger partial charge in [0, 0.05) is 10.6 Å². The Balaban J connectivity index is 2.78. The molecule has 0 saturated heterocycles. The summed E-state index contributed by atoms with van der Waals surface area (Å²) in [6.07, 6.45) is -0.298. The van der Waals surface area contributed by atoms with Crippen molar-refractivity contribution < 1.29 is 9.72 Å². The Morgan fingerprint density at radius 2 is 2.20 bits per heavy atom. The summed E-state index contributed by atoms with van der Waals surface area (Å²) < 4.78 is 0. The molecule has 5 heteroatoms. The van der Waals surface area contributed by atoms with Crippen LogP contribution in [0.1, 0.15) is 16.8 Å². The largest absolute Gasteiger partial charge is 0.294 e. The summed E-state index contributed by atoms with van der Waals surface area (Å²) in [5.41, 5.74) is 0.0328. The van der Waals surface area contributed by atoms with Gasteiger partial charge >= 0.3 is 0 Å². The van der Waals surface area contributed by atoms with Crippen LogP contribution >= 0.6 is 11.6 Å². The molecular weight excluding hydrogens is 218 g/mol. The van der Waals surface area contributed by atoms with Crippen LogP contribution in [0.4, 0.5) is 0 Å². The molecule has 0 atom stereocenters. The van der Waals surface area contributed by atoms with E-state index in [1.165, 1.54) is 6.07 Å². The fraction of sp³-hybridized carbons (Fsp3) is 0.100. The number of ketones is 1. The van der Waals surface area contributed by atoms with Crippen LogP contribution in [0.2, 0.25) is 5.02 Å². The highest BCUT2D eigenvalue weighted by Crippen LogP contribution is 2.14. The predicted octanol–water partition coefficient (Wildman–Crippen LogP) is 2.70. The number of allylic oxidation sites excluding steroid dienone is 1. The lowest BCUT2D eigenvalue weighted by molar-refractivity contribution is -0.425. The van der Waals surface area contributed by atoms with E-state index in [0.717, 1.165) is 0 Å². The number of rotatable bonds is 4. The van der Waals surface area contributed by atoms with Crippen LogP contribution in [-0.4, -0.2) is 10.7 Å². The summed E-state index contributed by atoms with van der Waals surface area (Å²) in [4.78, 5) is 21.1. The molecule has 1 aromatic carbocycles. The van der Waals surface area contributed by atoms with E-state index in [4.69, 9.17) is 11.6 Å². The number of nitro groups is 1. The molecule has 15 heavy (non-hydrogen) atoms. The third kappa shape index (κ3) is 3.18. The molecule has 0 fully saturated rings. The average Bonchev–Trinajstić information content (AvgIpc) is 2.17. The first-order valence-electron chi connectivity index (χ1n) is 4.11. The molecule has 0 unspecified atom stereocenters. The molecule has 0 heterocycles. The normalized spacial score (nSPS) is 9.67. The molecule has 0 aliphatic carbocycles. The molecule has 1 aromatic rings. The van der Waals surface area contributed by atoms with Gasteiger partial charge in [0.05, 0.1) is 4.92 Å². The molecule has 0 radical (unpaired) electrons. The third-order valence-electron chi connectivity index (χ3n) is 1.77. The van der Waals surface area contributed by atoms with Gasteiger partial charge in [0.15, 0.2) is 5.78 Å². The van der Waals surface area contributed by atoms with Gasteiger partial charge < -0.3 is 0 Å². The van der Waals surface area contributed by atoms with E-state index >= 15 is 0 Å². The minimum atomic E-state index is -0.664. The SMILES string of the molecule is C=C(CC(=O)c1cccc(Cl)c1)[N+](=O)[O-]. The quantitative estimate of drug-likeness (QED) is 0.450. The summed E-state index contributed by atoms with van der Waals surface area (Å²) in [6, 6.07) is 6.27. The van der Waals surface area contributed by atoms with Gasteiger partial charge in [-0.15, -0.1) is 0 Å². The summed E-state index contributed by atoms with van der Waals surface area (Å²) in [7, 11) is 0. The van der Waals surface area contributed by atoms with E-state index in [-0.39, 0.29) is 17.9 Å². The summed E-state index contributed by atoms with van der Waals surface area (Å²) >= 11 is 5.68. The Bertz CT molecular complexity index is 428. The van der Waals surface area contributed by atoms with Crippen molar-refractivity contribution in [2.45, 2.75) is 6.42 Å². The first kappa shape index (κ1) is 11.4. The van der Waals surface area contributed by atoms with E-state index in [1.807, 2.05) is 0 Å². The molecule has 78 valence electrons. The van der Waals surface area contributed by atoms with Crippen molar-refractivity contribution in [3.63, 3.8) is 0 Å². The Morgan fingerprint density at radius 1 is 1.53 bits per heavy atom. The smallest absolute Gasteiger partial charge is 0.246 e. The van der Waals surface area contributed by atoms with Crippen molar-refractivity contribution in [3.8, 4) is 0 Å². The van der Waals surface area contributed by atoms with Gasteiger partial charge in [0.25, 0.3) is 0 Å². The number of carbonyl (C=O) groups excluding carboxylic acids is 1. The maximum atomic E-state index is 11.5. The molecule has 0 aliphatic rings. The molecular formula is C10H8ClNO3. The Morgan fingerprint density at radius 3 is 2.73 bits per heavy atom. The molecule has 0 bridgehead atoms. The predicted molar refractivity (Wildman–Crippen MR) is 56.5 cm³/mol. The maximum absolute atomic E-state index is 11.5. The van der Waals surface area contributed by atoms with E-state index in [9.17, 15) is 14.9 Å². The van der Waals surface area contributed by atoms with Crippen molar-refractivity contribution in [1.82, 2.24) is 0 Å². The minimum Gasteiger partial charge on any atom is -0.294 e. The number of benzene rings is 1. The van der Waals surface area contributed by atoms with Crippen molar-refractivity contribution in [2.24, 2.45) is 0 Å². The van der Waals surface area contributed by atoms with Crippen LogP contribution in [-0.2, 0) is 0 Å². The van der Waals surface area contributed by atoms with Gasteiger partial charge in [-0.25, -0.2) is 0 Å². The molecule has 0 spiro atoms. The average molecular weight is 226 g/mol. The second kappa shape index (κ2) is 4.70. The number of halogens is 1. The molecule has 0 N–H and O–H groups in total. The van der Waals surface area contributed by atoms with Crippen molar-refractivity contribution >= 4 is 17.4 Å². The Hall–Kier alpha value is -1.68. The highest BCUT2D eigenvalue weighted by atomic mass is 35.5. The first-order valence-corrected chi connectivity index (χ1v) is 4.49. The van der Waals surface area contributed by atoms with Gasteiger partial charge in [-0.05, 0) is 18.7 Å². The zero-order chi connectivity index (χ0) is 11.4. The Kier molecular flexibility index (Phi) is 3.57. The summed E-state index contributed by atoms with van der Waals surface area (Å²) in [6.45, 7) is 3.19. The topological polar surface area (TPSA) is 60.2 Å². The van der Waals surface area contributed by atoms with Gasteiger partial charge in [0.2, 0.25) is 5.70 Å². The lowest BCUT2D eigenvalue weighted by atomic mass is 10.1. The van der Waals surface area contributed by atoms with Crippen LogP contribution in [0.5, 0.6) is 0 Å². The summed E-state index contributed by atoms with van der Waals surface area (Å²) in [5, 5.41) is 10.7. The van der Waals surface area contributed by atoms with Crippen molar-refractivity contribution in [3.05, 3.63) is 57.2 Å². The molecule has 1 rings (SSSR count). The van der Waals surface area contributed by atoms with Gasteiger partial charge in [-0.1, -0.05) is 23.7 Å². The van der Waals surface area contributed by atoms with E-state index in [0.29, 0.717) is 10.6 Å². The third-order valence-corrected chi connectivity index (χ3v) is 2.00. The first-order chi connectivity index (χ1) is 7.00. The minimum absolute atomic E-state index is 0.298. The number of hydrogen-bond donors (Lipinski definition) is 0. The summed E-state index contributed by atoms with van der Waals surface area (Å²) in [5.74, 6) is -0.362. The number of nitrogens with zero attached hydrogens (tertiary/aromatic N) is 1. The number of Topliss-reactive ketones (excluding diaryl/α,β-unsaturated/α-hetero) is 1. The zero-order valence-electron chi connectivity index (χ0n) is 7.77. The fourth-order valence-electron chi connectivity index (χ4n) is 1.01. The second-order valence-corrected chi connectivity index (χ2v) is 3.37. The second-order valence-electron chi connectivity index (χ2n) is 2.93. The number of carbonyl (C=O) groups is 1. The number of hydrogen-bond acceptors (Lipinski definition) is 3. The monoisotopic (exact) mass is 225 g/mol. The lowest BCUT2D eigenvalue weighted by Gasteiger charge is -1.99. The maximum Gasteiger partial charge on any atom is 0.246 e. The van der Waals surface area contributed by atoms with Crippen LogP contribution in [0.15, 0.2) is 36.5 Å².